The van der Waals surface area contributed by atoms with Gasteiger partial charge in [-0.15, -0.1) is 0 Å². The number of hydrogen-bond acceptors (Lipinski definition) is 8. The lowest BCUT2D eigenvalue weighted by Gasteiger charge is -2.20. The molecule has 0 radical (unpaired) electrons. The minimum atomic E-state index is -1.04. The van der Waals surface area contributed by atoms with Crippen LogP contribution in [0.2, 0.25) is 0 Å². The highest BCUT2D eigenvalue weighted by Gasteiger charge is 2.39. The van der Waals surface area contributed by atoms with E-state index in [-0.39, 0.29) is 49.5 Å². The first-order valence-electron chi connectivity index (χ1n) is 8.41. The first kappa shape index (κ1) is 20.5. The lowest BCUT2D eigenvalue weighted by molar-refractivity contribution is -0.128. The summed E-state index contributed by atoms with van der Waals surface area (Å²) in [4.78, 5) is 61.0. The second-order valence-electron chi connectivity index (χ2n) is 6.32. The van der Waals surface area contributed by atoms with Crippen molar-refractivity contribution in [1.29, 1.82) is 0 Å². The number of nitrogens with one attached hydrogen (secondary N) is 2. The second-order valence-corrected chi connectivity index (χ2v) is 6.32. The first-order valence-corrected chi connectivity index (χ1v) is 8.41. The number of ketones is 2. The second kappa shape index (κ2) is 8.73. The Morgan fingerprint density at radius 2 is 1.37 bits per heavy atom. The molecule has 0 spiro atoms. The molecule has 0 aromatic carbocycles. The number of aliphatic hydroxyl groups is 2. The Kier molecular flexibility index (Phi) is 6.64. The molecule has 2 unspecified atom stereocenters. The number of aliphatic hydroxyl groups excluding tert-OH is 2. The summed E-state index contributed by atoms with van der Waals surface area (Å²) in [5.41, 5.74) is 0. The Hall–Kier alpha value is -2.79. The average Bonchev–Trinajstić information content (AvgIpc) is 3.02. The molecular formula is C16H22N4O7. The van der Waals surface area contributed by atoms with Gasteiger partial charge in [-0.2, -0.15) is 0 Å². The Bertz CT molecular complexity index is 622. The first-order chi connectivity index (χ1) is 12.8. The molecule has 4 N–H and O–H groups in total. The van der Waals surface area contributed by atoms with Crippen molar-refractivity contribution in [2.75, 3.05) is 13.5 Å². The Labute approximate surface area is 155 Å². The summed E-state index contributed by atoms with van der Waals surface area (Å²) in [5.74, 6) is -1.40. The minimum Gasteiger partial charge on any atom is -0.376 e. The lowest BCUT2D eigenvalue weighted by atomic mass is 10.0. The zero-order valence-electron chi connectivity index (χ0n) is 14.6. The zero-order valence-corrected chi connectivity index (χ0v) is 14.6. The SMILES string of the molecule is C=C1NC(=O)C(CC(=O)CCCC(=O)CC2C(=O)NC(=O)N2CO)N1CO. The van der Waals surface area contributed by atoms with Gasteiger partial charge in [0.1, 0.15) is 42.9 Å². The predicted octanol–water partition coefficient (Wildman–Crippen LogP) is -1.83. The van der Waals surface area contributed by atoms with Gasteiger partial charge in [0.25, 0.3) is 5.91 Å². The van der Waals surface area contributed by atoms with E-state index < -0.39 is 43.4 Å². The van der Waals surface area contributed by atoms with Crippen LogP contribution in [0.25, 0.3) is 0 Å². The third kappa shape index (κ3) is 4.68. The highest BCUT2D eigenvalue weighted by molar-refractivity contribution is 6.05. The van der Waals surface area contributed by atoms with Crippen molar-refractivity contribution in [3.8, 4) is 0 Å². The van der Waals surface area contributed by atoms with Gasteiger partial charge in [-0.1, -0.05) is 6.58 Å². The van der Waals surface area contributed by atoms with Crippen molar-refractivity contribution in [3.63, 3.8) is 0 Å². The molecule has 11 heteroatoms. The Morgan fingerprint density at radius 1 is 0.889 bits per heavy atom. The molecule has 4 amide bonds. The highest BCUT2D eigenvalue weighted by atomic mass is 16.3. The van der Waals surface area contributed by atoms with Gasteiger partial charge in [0.2, 0.25) is 5.91 Å². The van der Waals surface area contributed by atoms with Gasteiger partial charge in [-0.3, -0.25) is 29.4 Å². The van der Waals surface area contributed by atoms with Gasteiger partial charge in [0.15, 0.2) is 0 Å². The van der Waals surface area contributed by atoms with Gasteiger partial charge >= 0.3 is 6.03 Å². The number of imide groups is 1. The fraction of sp³-hybridized carbons (Fsp3) is 0.562. The Morgan fingerprint density at radius 3 is 1.89 bits per heavy atom. The standard InChI is InChI=1S/C16H22N4O7/c1-9-17-14(25)12(19(9)7-21)5-10(23)3-2-4-11(24)6-13-15(26)18-16(27)20(13)8-22/h12-13,21-22H,1-8H2,(H,17,25)(H,18,26,27). The van der Waals surface area contributed by atoms with Gasteiger partial charge in [0, 0.05) is 25.7 Å². The molecule has 11 nitrogen and oxygen atoms in total. The van der Waals surface area contributed by atoms with Crippen LogP contribution < -0.4 is 10.6 Å². The van der Waals surface area contributed by atoms with E-state index in [9.17, 15) is 29.1 Å². The Balaban J connectivity index is 1.75. The summed E-state index contributed by atoms with van der Waals surface area (Å²) in [6.07, 6.45) is -0.0442. The number of rotatable bonds is 10. The fourth-order valence-corrected chi connectivity index (χ4v) is 3.04. The zero-order chi connectivity index (χ0) is 20.1. The van der Waals surface area contributed by atoms with Crippen molar-refractivity contribution in [1.82, 2.24) is 20.4 Å². The fourth-order valence-electron chi connectivity index (χ4n) is 3.04. The summed E-state index contributed by atoms with van der Waals surface area (Å²) in [6.45, 7) is 2.45. The summed E-state index contributed by atoms with van der Waals surface area (Å²) in [5, 5.41) is 22.8. The maximum atomic E-state index is 12.1. The molecule has 0 aromatic rings. The number of Topliss-reactive ketones (excluding diaryl/α,β-unsaturated/α-hetero) is 2. The maximum absolute atomic E-state index is 12.1. The van der Waals surface area contributed by atoms with Crippen molar-refractivity contribution in [2.45, 2.75) is 44.2 Å². The number of nitrogens with zero attached hydrogens (tertiary/aromatic N) is 2. The largest absolute Gasteiger partial charge is 0.376 e. The quantitative estimate of drug-likeness (QED) is 0.321. The number of hydrogen-bond donors (Lipinski definition) is 4. The molecule has 2 heterocycles. The maximum Gasteiger partial charge on any atom is 0.326 e. The molecule has 2 aliphatic rings. The van der Waals surface area contributed by atoms with Crippen LogP contribution >= 0.6 is 0 Å². The molecule has 2 aliphatic heterocycles. The number of carbonyl (C=O) groups is 5. The molecule has 2 saturated heterocycles. The van der Waals surface area contributed by atoms with Crippen LogP contribution in [-0.4, -0.2) is 75.0 Å². The molecule has 0 aromatic heterocycles. The topological polar surface area (TPSA) is 156 Å². The lowest BCUT2D eigenvalue weighted by Crippen LogP contribution is -2.37. The van der Waals surface area contributed by atoms with Crippen LogP contribution in [0.15, 0.2) is 12.4 Å². The van der Waals surface area contributed by atoms with Gasteiger partial charge < -0.3 is 20.4 Å². The summed E-state index contributed by atoms with van der Waals surface area (Å²) in [7, 11) is 0. The van der Waals surface area contributed by atoms with E-state index >= 15 is 0 Å². The molecular weight excluding hydrogens is 360 g/mol. The minimum absolute atomic E-state index is 0.0241. The third-order valence-corrected chi connectivity index (χ3v) is 4.52. The highest BCUT2D eigenvalue weighted by Crippen LogP contribution is 2.18. The molecule has 0 bridgehead atoms. The van der Waals surface area contributed by atoms with Crippen LogP contribution in [0.4, 0.5) is 4.79 Å². The van der Waals surface area contributed by atoms with Crippen LogP contribution in [0, 0.1) is 0 Å². The van der Waals surface area contributed by atoms with Crippen molar-refractivity contribution in [2.24, 2.45) is 0 Å². The average molecular weight is 382 g/mol. The summed E-state index contributed by atoms with van der Waals surface area (Å²) in [6, 6.07) is -2.62. The van der Waals surface area contributed by atoms with Gasteiger partial charge in [0.05, 0.1) is 0 Å². The van der Waals surface area contributed by atoms with Crippen LogP contribution in [0.1, 0.15) is 32.1 Å². The third-order valence-electron chi connectivity index (χ3n) is 4.52. The molecule has 27 heavy (non-hydrogen) atoms. The van der Waals surface area contributed by atoms with Crippen LogP contribution in [-0.2, 0) is 19.2 Å². The van der Waals surface area contributed by atoms with E-state index in [0.717, 1.165) is 4.90 Å². The molecule has 2 atom stereocenters. The van der Waals surface area contributed by atoms with E-state index in [1.165, 1.54) is 4.90 Å². The van der Waals surface area contributed by atoms with Crippen molar-refractivity contribution >= 4 is 29.4 Å². The normalized spacial score (nSPS) is 22.3. The van der Waals surface area contributed by atoms with E-state index in [0.29, 0.717) is 0 Å². The monoisotopic (exact) mass is 382 g/mol. The van der Waals surface area contributed by atoms with Gasteiger partial charge in [-0.05, 0) is 6.42 Å². The molecule has 0 saturated carbocycles. The molecule has 0 aliphatic carbocycles. The molecule has 2 rings (SSSR count). The van der Waals surface area contributed by atoms with E-state index in [1.807, 2.05) is 5.32 Å². The number of urea groups is 1. The summed E-state index contributed by atoms with van der Waals surface area (Å²) >= 11 is 0. The van der Waals surface area contributed by atoms with Gasteiger partial charge in [-0.25, -0.2) is 4.79 Å². The van der Waals surface area contributed by atoms with E-state index in [1.54, 1.807) is 0 Å². The van der Waals surface area contributed by atoms with Crippen molar-refractivity contribution < 1.29 is 34.2 Å². The van der Waals surface area contributed by atoms with E-state index in [4.69, 9.17) is 5.11 Å². The smallest absolute Gasteiger partial charge is 0.326 e. The predicted molar refractivity (Wildman–Crippen MR) is 89.3 cm³/mol. The van der Waals surface area contributed by atoms with E-state index in [2.05, 4.69) is 11.9 Å². The number of amides is 4. The molecule has 2 fully saturated rings. The summed E-state index contributed by atoms with van der Waals surface area (Å²) < 4.78 is 0. The molecule has 148 valence electrons. The van der Waals surface area contributed by atoms with Crippen LogP contribution in [0.3, 0.4) is 0 Å². The van der Waals surface area contributed by atoms with Crippen molar-refractivity contribution in [3.05, 3.63) is 12.4 Å². The van der Waals surface area contributed by atoms with Crippen LogP contribution in [0.5, 0.6) is 0 Å². The number of carbonyl (C=O) groups excluding carboxylic acids is 5.